The minimum Gasteiger partial charge on any atom is -0.385 e. The first-order chi connectivity index (χ1) is 8.19. The Morgan fingerprint density at radius 3 is 2.59 bits per heavy atom. The van der Waals surface area contributed by atoms with Crippen molar-refractivity contribution in [2.75, 3.05) is 31.2 Å². The van der Waals surface area contributed by atoms with Crippen LogP contribution in [-0.4, -0.2) is 31.4 Å². The Hall–Kier alpha value is -0.580. The van der Waals surface area contributed by atoms with Gasteiger partial charge in [0, 0.05) is 28.8 Å². The van der Waals surface area contributed by atoms with Gasteiger partial charge in [-0.2, -0.15) is 0 Å². The van der Waals surface area contributed by atoms with E-state index in [0.717, 1.165) is 54.9 Å². The van der Waals surface area contributed by atoms with Crippen LogP contribution in [0.3, 0.4) is 0 Å². The van der Waals surface area contributed by atoms with E-state index in [-0.39, 0.29) is 0 Å². The van der Waals surface area contributed by atoms with Crippen LogP contribution in [0.4, 0.5) is 5.69 Å². The smallest absolute Gasteiger partial charge is 0.0919 e. The average Bonchev–Trinajstić information content (AvgIpc) is 3.10. The second-order valence-corrected chi connectivity index (χ2v) is 5.71. The molecular formula is C13H16BrNO2. The fourth-order valence-corrected chi connectivity index (χ4v) is 2.71. The third kappa shape index (κ3) is 2.21. The highest BCUT2D eigenvalue weighted by Gasteiger charge is 2.44. The first kappa shape index (κ1) is 11.5. The molecular weight excluding hydrogens is 282 g/mol. The normalized spacial score (nSPS) is 22.6. The summed E-state index contributed by atoms with van der Waals surface area (Å²) in [7, 11) is 0. The van der Waals surface area contributed by atoms with Gasteiger partial charge in [-0.15, -0.1) is 0 Å². The number of halogens is 1. The van der Waals surface area contributed by atoms with Crippen molar-refractivity contribution in [3.63, 3.8) is 0 Å². The minimum absolute atomic E-state index is 0.586. The van der Waals surface area contributed by atoms with Crippen molar-refractivity contribution in [1.82, 2.24) is 0 Å². The molecule has 3 rings (SSSR count). The summed E-state index contributed by atoms with van der Waals surface area (Å²) in [5, 5.41) is 10.4. The third-order valence-electron chi connectivity index (χ3n) is 3.54. The second-order valence-electron chi connectivity index (χ2n) is 4.79. The molecule has 2 aliphatic rings. The molecule has 0 atom stereocenters. The summed E-state index contributed by atoms with van der Waals surface area (Å²) in [6.45, 7) is 3.36. The van der Waals surface area contributed by atoms with E-state index in [9.17, 15) is 5.11 Å². The van der Waals surface area contributed by atoms with Gasteiger partial charge in [-0.1, -0.05) is 15.9 Å². The molecule has 1 aliphatic heterocycles. The van der Waals surface area contributed by atoms with Gasteiger partial charge in [0.25, 0.3) is 0 Å². The summed E-state index contributed by atoms with van der Waals surface area (Å²) in [5.41, 5.74) is 1.64. The number of hydrogen-bond donors (Lipinski definition) is 1. The van der Waals surface area contributed by atoms with Crippen molar-refractivity contribution in [2.45, 2.75) is 18.4 Å². The number of ether oxygens (including phenoxy) is 1. The lowest BCUT2D eigenvalue weighted by molar-refractivity contribution is 0.121. The Balaban J connectivity index is 1.97. The van der Waals surface area contributed by atoms with Gasteiger partial charge >= 0.3 is 0 Å². The number of anilines is 1. The molecule has 2 fully saturated rings. The Morgan fingerprint density at radius 2 is 1.94 bits per heavy atom. The molecule has 4 heteroatoms. The van der Waals surface area contributed by atoms with Gasteiger partial charge in [-0.05, 0) is 31.0 Å². The highest BCUT2D eigenvalue weighted by molar-refractivity contribution is 9.10. The van der Waals surface area contributed by atoms with Crippen molar-refractivity contribution in [2.24, 2.45) is 0 Å². The van der Waals surface area contributed by atoms with E-state index in [1.165, 1.54) is 0 Å². The van der Waals surface area contributed by atoms with Crippen LogP contribution in [0, 0.1) is 0 Å². The average molecular weight is 298 g/mol. The Kier molecular flexibility index (Phi) is 2.89. The summed E-state index contributed by atoms with van der Waals surface area (Å²) < 4.78 is 6.40. The quantitative estimate of drug-likeness (QED) is 0.909. The lowest BCUT2D eigenvalue weighted by Gasteiger charge is -2.31. The molecule has 1 saturated heterocycles. The van der Waals surface area contributed by atoms with Crippen LogP contribution in [0.25, 0.3) is 0 Å². The van der Waals surface area contributed by atoms with Crippen LogP contribution >= 0.6 is 15.9 Å². The molecule has 0 spiro atoms. The van der Waals surface area contributed by atoms with Crippen molar-refractivity contribution >= 4 is 21.6 Å². The van der Waals surface area contributed by atoms with E-state index in [4.69, 9.17) is 4.74 Å². The monoisotopic (exact) mass is 297 g/mol. The van der Waals surface area contributed by atoms with Crippen molar-refractivity contribution in [3.8, 4) is 0 Å². The first-order valence-electron chi connectivity index (χ1n) is 6.04. The van der Waals surface area contributed by atoms with Crippen LogP contribution in [0.5, 0.6) is 0 Å². The summed E-state index contributed by atoms with van der Waals surface area (Å²) in [4.78, 5) is 2.31. The fraction of sp³-hybridized carbons (Fsp3) is 0.538. The minimum atomic E-state index is -0.586. The molecule has 1 aromatic carbocycles. The standard InChI is InChI=1S/C13H16BrNO2/c14-10-1-2-12(15-5-7-17-8-6-15)11(9-10)13(16)3-4-13/h1-2,9,16H,3-8H2. The number of morpholine rings is 1. The second kappa shape index (κ2) is 4.26. The van der Waals surface area contributed by atoms with E-state index in [2.05, 4.69) is 33.0 Å². The summed E-state index contributed by atoms with van der Waals surface area (Å²) in [5.74, 6) is 0. The van der Waals surface area contributed by atoms with Gasteiger partial charge in [0.05, 0.1) is 18.8 Å². The summed E-state index contributed by atoms with van der Waals surface area (Å²) in [6.07, 6.45) is 1.75. The van der Waals surface area contributed by atoms with Crippen LogP contribution < -0.4 is 4.90 Å². The zero-order chi connectivity index (χ0) is 11.9. The maximum absolute atomic E-state index is 10.4. The van der Waals surface area contributed by atoms with E-state index in [0.29, 0.717) is 0 Å². The predicted octanol–water partition coefficient (Wildman–Crippen LogP) is 2.27. The van der Waals surface area contributed by atoms with Crippen molar-refractivity contribution < 1.29 is 9.84 Å². The number of hydrogen-bond acceptors (Lipinski definition) is 3. The van der Waals surface area contributed by atoms with Gasteiger partial charge in [-0.3, -0.25) is 0 Å². The molecule has 0 bridgehead atoms. The highest BCUT2D eigenvalue weighted by atomic mass is 79.9. The maximum atomic E-state index is 10.4. The van der Waals surface area contributed by atoms with E-state index in [1.54, 1.807) is 0 Å². The number of benzene rings is 1. The molecule has 1 aromatic rings. The lowest BCUT2D eigenvalue weighted by Crippen LogP contribution is -2.37. The molecule has 0 radical (unpaired) electrons. The summed E-state index contributed by atoms with van der Waals surface area (Å²) in [6, 6.07) is 6.19. The van der Waals surface area contributed by atoms with Crippen LogP contribution in [0.15, 0.2) is 22.7 Å². The van der Waals surface area contributed by atoms with E-state index < -0.39 is 5.60 Å². The topological polar surface area (TPSA) is 32.7 Å². The molecule has 0 unspecified atom stereocenters. The summed E-state index contributed by atoms with van der Waals surface area (Å²) >= 11 is 3.49. The third-order valence-corrected chi connectivity index (χ3v) is 4.03. The SMILES string of the molecule is OC1(c2cc(Br)ccc2N2CCOCC2)CC1. The molecule has 92 valence electrons. The molecule has 3 nitrogen and oxygen atoms in total. The Bertz CT molecular complexity index is 425. The van der Waals surface area contributed by atoms with Gasteiger partial charge in [-0.25, -0.2) is 0 Å². The predicted molar refractivity (Wildman–Crippen MR) is 70.3 cm³/mol. The van der Waals surface area contributed by atoms with Gasteiger partial charge in [0.1, 0.15) is 0 Å². The first-order valence-corrected chi connectivity index (χ1v) is 6.83. The largest absolute Gasteiger partial charge is 0.385 e. The zero-order valence-electron chi connectivity index (χ0n) is 9.66. The fourth-order valence-electron chi connectivity index (χ4n) is 2.35. The molecule has 0 amide bonds. The Labute approximate surface area is 110 Å². The van der Waals surface area contributed by atoms with Gasteiger partial charge in [0.15, 0.2) is 0 Å². The number of nitrogens with zero attached hydrogens (tertiary/aromatic N) is 1. The van der Waals surface area contributed by atoms with Crippen LogP contribution in [0.1, 0.15) is 18.4 Å². The molecule has 1 aliphatic carbocycles. The van der Waals surface area contributed by atoms with E-state index >= 15 is 0 Å². The molecule has 1 heterocycles. The maximum Gasteiger partial charge on any atom is 0.0919 e. The van der Waals surface area contributed by atoms with Gasteiger partial charge in [0.2, 0.25) is 0 Å². The number of rotatable bonds is 2. The molecule has 0 aromatic heterocycles. The molecule has 1 N–H and O–H groups in total. The van der Waals surface area contributed by atoms with E-state index in [1.807, 2.05) is 6.07 Å². The number of aliphatic hydroxyl groups is 1. The van der Waals surface area contributed by atoms with Gasteiger partial charge < -0.3 is 14.7 Å². The Morgan fingerprint density at radius 1 is 1.24 bits per heavy atom. The lowest BCUT2D eigenvalue weighted by atomic mass is 10.0. The molecule has 1 saturated carbocycles. The highest BCUT2D eigenvalue weighted by Crippen LogP contribution is 2.49. The molecule has 17 heavy (non-hydrogen) atoms. The van der Waals surface area contributed by atoms with Crippen molar-refractivity contribution in [1.29, 1.82) is 0 Å². The zero-order valence-corrected chi connectivity index (χ0v) is 11.2. The van der Waals surface area contributed by atoms with Crippen molar-refractivity contribution in [3.05, 3.63) is 28.2 Å². The van der Waals surface area contributed by atoms with Crippen LogP contribution in [0.2, 0.25) is 0 Å². The van der Waals surface area contributed by atoms with Crippen LogP contribution in [-0.2, 0) is 10.3 Å².